The number of rotatable bonds is 7. The topological polar surface area (TPSA) is 36.9 Å². The molecule has 2 rings (SSSR count). The summed E-state index contributed by atoms with van der Waals surface area (Å²) in [6.45, 7) is 0. The Bertz CT molecular complexity index is 509. The fraction of sp³-hybridized carbons (Fsp3) is 0.333. The summed E-state index contributed by atoms with van der Waals surface area (Å²) < 4.78 is 21.7. The van der Waals surface area contributed by atoms with Gasteiger partial charge in [0.15, 0.2) is 0 Å². The van der Waals surface area contributed by atoms with Crippen LogP contribution in [0.3, 0.4) is 0 Å². The molecule has 0 saturated heterocycles. The van der Waals surface area contributed by atoms with E-state index in [1.165, 1.54) is 0 Å². The maximum Gasteiger partial charge on any atom is 0.118 e. The largest absolute Gasteiger partial charge is 0.497 e. The molecule has 0 fully saturated rings. The molecule has 2 aromatic rings. The Hall–Kier alpha value is -2.04. The molecule has 2 atom stereocenters. The second-order valence-electron chi connectivity index (χ2n) is 4.86. The van der Waals surface area contributed by atoms with Gasteiger partial charge in [0.2, 0.25) is 0 Å². The van der Waals surface area contributed by atoms with E-state index in [1.54, 1.807) is 28.4 Å². The number of benzene rings is 2. The van der Waals surface area contributed by atoms with Gasteiger partial charge in [0.1, 0.15) is 23.7 Å². The fourth-order valence-electron chi connectivity index (χ4n) is 2.46. The molecule has 0 aliphatic heterocycles. The molecule has 0 aliphatic rings. The molecule has 22 heavy (non-hydrogen) atoms. The zero-order chi connectivity index (χ0) is 15.9. The lowest BCUT2D eigenvalue weighted by molar-refractivity contribution is -0.0397. The van der Waals surface area contributed by atoms with Crippen LogP contribution < -0.4 is 9.47 Å². The summed E-state index contributed by atoms with van der Waals surface area (Å²) in [5.74, 6) is 1.63. The van der Waals surface area contributed by atoms with Crippen LogP contribution in [0.25, 0.3) is 0 Å². The Morgan fingerprint density at radius 1 is 0.545 bits per heavy atom. The van der Waals surface area contributed by atoms with Crippen molar-refractivity contribution < 1.29 is 18.9 Å². The second kappa shape index (κ2) is 7.82. The van der Waals surface area contributed by atoms with Crippen molar-refractivity contribution in [1.29, 1.82) is 0 Å². The normalized spacial score (nSPS) is 13.5. The van der Waals surface area contributed by atoms with Crippen molar-refractivity contribution in [1.82, 2.24) is 0 Å². The third kappa shape index (κ3) is 3.59. The number of hydrogen-bond acceptors (Lipinski definition) is 4. The minimum absolute atomic E-state index is 0.204. The summed E-state index contributed by atoms with van der Waals surface area (Å²) >= 11 is 0. The van der Waals surface area contributed by atoms with Gasteiger partial charge in [0.05, 0.1) is 14.2 Å². The fourth-order valence-corrected chi connectivity index (χ4v) is 2.46. The van der Waals surface area contributed by atoms with E-state index in [2.05, 4.69) is 0 Å². The van der Waals surface area contributed by atoms with E-state index >= 15 is 0 Å². The monoisotopic (exact) mass is 302 g/mol. The lowest BCUT2D eigenvalue weighted by Gasteiger charge is -2.26. The van der Waals surface area contributed by atoms with Crippen LogP contribution in [0.15, 0.2) is 48.5 Å². The van der Waals surface area contributed by atoms with Crippen LogP contribution in [0.2, 0.25) is 0 Å². The molecule has 0 saturated carbocycles. The van der Waals surface area contributed by atoms with Crippen LogP contribution in [0.1, 0.15) is 23.3 Å². The Balaban J connectivity index is 2.28. The van der Waals surface area contributed by atoms with Gasteiger partial charge < -0.3 is 18.9 Å². The highest BCUT2D eigenvalue weighted by atomic mass is 16.5. The van der Waals surface area contributed by atoms with E-state index in [1.807, 2.05) is 48.5 Å². The molecule has 4 nitrogen and oxygen atoms in total. The predicted molar refractivity (Wildman–Crippen MR) is 85.5 cm³/mol. The quantitative estimate of drug-likeness (QED) is 0.780. The van der Waals surface area contributed by atoms with Crippen molar-refractivity contribution >= 4 is 0 Å². The average molecular weight is 302 g/mol. The molecule has 0 aliphatic carbocycles. The first kappa shape index (κ1) is 16.3. The van der Waals surface area contributed by atoms with Crippen LogP contribution in [0.5, 0.6) is 11.5 Å². The van der Waals surface area contributed by atoms with Gasteiger partial charge >= 0.3 is 0 Å². The van der Waals surface area contributed by atoms with Gasteiger partial charge in [-0.1, -0.05) is 24.3 Å². The van der Waals surface area contributed by atoms with Crippen LogP contribution in [0.4, 0.5) is 0 Å². The van der Waals surface area contributed by atoms with Crippen molar-refractivity contribution in [3.63, 3.8) is 0 Å². The van der Waals surface area contributed by atoms with E-state index < -0.39 is 0 Å². The molecule has 0 heterocycles. The first-order valence-corrected chi connectivity index (χ1v) is 7.07. The van der Waals surface area contributed by atoms with Crippen LogP contribution >= 0.6 is 0 Å². The predicted octanol–water partition coefficient (Wildman–Crippen LogP) is 3.78. The minimum Gasteiger partial charge on any atom is -0.497 e. The summed E-state index contributed by atoms with van der Waals surface area (Å²) in [5, 5.41) is 0. The first-order chi connectivity index (χ1) is 10.7. The summed E-state index contributed by atoms with van der Waals surface area (Å²) in [6.07, 6.45) is -0.409. The zero-order valence-corrected chi connectivity index (χ0v) is 13.4. The van der Waals surface area contributed by atoms with Gasteiger partial charge in [-0.3, -0.25) is 0 Å². The van der Waals surface area contributed by atoms with Crippen molar-refractivity contribution in [3.05, 3.63) is 59.7 Å². The highest BCUT2D eigenvalue weighted by molar-refractivity contribution is 5.33. The standard InChI is InChI=1S/C18H22O4/c1-19-15-9-5-13(6-10-15)17(21-3)18(22-4)14-7-11-16(20-2)12-8-14/h5-12,17-18H,1-4H3/t17-,18-/m0/s1. The van der Waals surface area contributed by atoms with Gasteiger partial charge in [0.25, 0.3) is 0 Å². The Morgan fingerprint density at radius 2 is 0.864 bits per heavy atom. The van der Waals surface area contributed by atoms with E-state index in [0.717, 1.165) is 22.6 Å². The maximum atomic E-state index is 5.68. The van der Waals surface area contributed by atoms with E-state index in [4.69, 9.17) is 18.9 Å². The molecule has 0 spiro atoms. The van der Waals surface area contributed by atoms with Gasteiger partial charge in [-0.2, -0.15) is 0 Å². The number of ether oxygens (including phenoxy) is 4. The lowest BCUT2D eigenvalue weighted by atomic mass is 9.97. The van der Waals surface area contributed by atoms with E-state index in [9.17, 15) is 0 Å². The summed E-state index contributed by atoms with van der Waals surface area (Å²) in [4.78, 5) is 0. The first-order valence-electron chi connectivity index (χ1n) is 7.07. The second-order valence-corrected chi connectivity index (χ2v) is 4.86. The molecule has 0 unspecified atom stereocenters. The molecule has 4 heteroatoms. The smallest absolute Gasteiger partial charge is 0.118 e. The number of methoxy groups -OCH3 is 4. The Kier molecular flexibility index (Phi) is 5.81. The SMILES string of the molecule is COc1ccc([C@H](OC)[C@@H](OC)c2ccc(OC)cc2)cc1. The van der Waals surface area contributed by atoms with Crippen LogP contribution in [-0.2, 0) is 9.47 Å². The molecule has 0 aromatic heterocycles. The summed E-state index contributed by atoms with van der Waals surface area (Å²) in [6, 6.07) is 15.6. The van der Waals surface area contributed by atoms with Crippen molar-refractivity contribution in [2.75, 3.05) is 28.4 Å². The molecule has 118 valence electrons. The molecule has 0 bridgehead atoms. The minimum atomic E-state index is -0.204. The van der Waals surface area contributed by atoms with Crippen LogP contribution in [0, 0.1) is 0 Å². The van der Waals surface area contributed by atoms with Crippen molar-refractivity contribution in [3.8, 4) is 11.5 Å². The summed E-state index contributed by atoms with van der Waals surface area (Å²) in [7, 11) is 6.67. The van der Waals surface area contributed by atoms with Gasteiger partial charge in [-0.25, -0.2) is 0 Å². The lowest BCUT2D eigenvalue weighted by Crippen LogP contribution is -2.15. The van der Waals surface area contributed by atoms with E-state index in [-0.39, 0.29) is 12.2 Å². The highest BCUT2D eigenvalue weighted by Crippen LogP contribution is 2.35. The molecular weight excluding hydrogens is 280 g/mol. The summed E-state index contributed by atoms with van der Waals surface area (Å²) in [5.41, 5.74) is 2.07. The Morgan fingerprint density at radius 3 is 1.09 bits per heavy atom. The molecule has 0 amide bonds. The average Bonchev–Trinajstić information content (AvgIpc) is 2.60. The number of hydrogen-bond donors (Lipinski definition) is 0. The van der Waals surface area contributed by atoms with Gasteiger partial charge in [-0.05, 0) is 35.4 Å². The van der Waals surface area contributed by atoms with E-state index in [0.29, 0.717) is 0 Å². The maximum absolute atomic E-state index is 5.68. The molecule has 0 radical (unpaired) electrons. The Labute approximate surface area is 131 Å². The van der Waals surface area contributed by atoms with Gasteiger partial charge in [0, 0.05) is 14.2 Å². The van der Waals surface area contributed by atoms with Crippen molar-refractivity contribution in [2.45, 2.75) is 12.2 Å². The molecule has 0 N–H and O–H groups in total. The highest BCUT2D eigenvalue weighted by Gasteiger charge is 2.24. The zero-order valence-electron chi connectivity index (χ0n) is 13.4. The third-order valence-electron chi connectivity index (χ3n) is 3.67. The van der Waals surface area contributed by atoms with Crippen molar-refractivity contribution in [2.24, 2.45) is 0 Å². The van der Waals surface area contributed by atoms with Gasteiger partial charge in [-0.15, -0.1) is 0 Å². The van der Waals surface area contributed by atoms with Crippen LogP contribution in [-0.4, -0.2) is 28.4 Å². The molecular formula is C18H22O4. The molecule has 2 aromatic carbocycles. The third-order valence-corrected chi connectivity index (χ3v) is 3.67.